The fourth-order valence-electron chi connectivity index (χ4n) is 3.13. The summed E-state index contributed by atoms with van der Waals surface area (Å²) in [7, 11) is 0. The molecule has 2 heterocycles. The number of alkyl halides is 3. The standard InChI is InChI=1S/C18H19ClF3N3/c1-12-3-2-4-16(24-12)17(25-9-7-23-8-10-25)14-11-13(18(20,21)22)5-6-15(14)19/h2-6,11,17,23H,7-10H2,1H3. The van der Waals surface area contributed by atoms with Crippen LogP contribution in [-0.4, -0.2) is 36.1 Å². The second kappa shape index (κ2) is 7.32. The molecule has 1 fully saturated rings. The number of rotatable bonds is 3. The van der Waals surface area contributed by atoms with E-state index in [1.807, 2.05) is 25.1 Å². The number of aromatic nitrogens is 1. The minimum absolute atomic E-state index is 0.319. The van der Waals surface area contributed by atoms with Gasteiger partial charge in [0, 0.05) is 36.9 Å². The summed E-state index contributed by atoms with van der Waals surface area (Å²) in [4.78, 5) is 6.68. The Morgan fingerprint density at radius 1 is 1.16 bits per heavy atom. The van der Waals surface area contributed by atoms with E-state index in [1.165, 1.54) is 6.07 Å². The summed E-state index contributed by atoms with van der Waals surface area (Å²) < 4.78 is 39.6. The van der Waals surface area contributed by atoms with E-state index >= 15 is 0 Å². The Morgan fingerprint density at radius 3 is 2.52 bits per heavy atom. The number of piperazine rings is 1. The van der Waals surface area contributed by atoms with E-state index in [1.54, 1.807) is 0 Å². The minimum Gasteiger partial charge on any atom is -0.314 e. The fraction of sp³-hybridized carbons (Fsp3) is 0.389. The first-order valence-corrected chi connectivity index (χ1v) is 8.49. The maximum Gasteiger partial charge on any atom is 0.416 e. The summed E-state index contributed by atoms with van der Waals surface area (Å²) >= 11 is 6.31. The molecule has 7 heteroatoms. The van der Waals surface area contributed by atoms with Gasteiger partial charge in [-0.1, -0.05) is 17.7 Å². The maximum atomic E-state index is 13.2. The number of pyridine rings is 1. The smallest absolute Gasteiger partial charge is 0.314 e. The van der Waals surface area contributed by atoms with E-state index in [0.717, 1.165) is 30.9 Å². The number of halogens is 4. The van der Waals surface area contributed by atoms with Crippen molar-refractivity contribution in [3.8, 4) is 0 Å². The second-order valence-electron chi connectivity index (χ2n) is 6.13. The summed E-state index contributed by atoms with van der Waals surface area (Å²) in [5.74, 6) is 0. The van der Waals surface area contributed by atoms with E-state index in [4.69, 9.17) is 11.6 Å². The minimum atomic E-state index is -4.41. The van der Waals surface area contributed by atoms with Gasteiger partial charge in [-0.2, -0.15) is 13.2 Å². The lowest BCUT2D eigenvalue weighted by Crippen LogP contribution is -2.45. The molecule has 0 spiro atoms. The first-order chi connectivity index (χ1) is 11.9. The quantitative estimate of drug-likeness (QED) is 0.884. The van der Waals surface area contributed by atoms with Crippen LogP contribution in [0.5, 0.6) is 0 Å². The van der Waals surface area contributed by atoms with Gasteiger partial charge < -0.3 is 5.32 Å². The van der Waals surface area contributed by atoms with Crippen LogP contribution < -0.4 is 5.32 Å². The van der Waals surface area contributed by atoms with Crippen LogP contribution in [0.4, 0.5) is 13.2 Å². The number of hydrogen-bond acceptors (Lipinski definition) is 3. The molecular formula is C18H19ClF3N3. The van der Waals surface area contributed by atoms with E-state index in [0.29, 0.717) is 29.4 Å². The first-order valence-electron chi connectivity index (χ1n) is 8.11. The number of hydrogen-bond donors (Lipinski definition) is 1. The predicted molar refractivity (Wildman–Crippen MR) is 91.7 cm³/mol. The van der Waals surface area contributed by atoms with Crippen LogP contribution in [0.2, 0.25) is 5.02 Å². The van der Waals surface area contributed by atoms with Gasteiger partial charge in [0.15, 0.2) is 0 Å². The number of nitrogens with one attached hydrogen (secondary N) is 1. The van der Waals surface area contributed by atoms with Gasteiger partial charge in [-0.15, -0.1) is 0 Å². The summed E-state index contributed by atoms with van der Waals surface area (Å²) in [6, 6.07) is 8.67. The monoisotopic (exact) mass is 369 g/mol. The normalized spacial score (nSPS) is 17.5. The molecule has 0 aliphatic carbocycles. The summed E-state index contributed by atoms with van der Waals surface area (Å²) in [6.45, 7) is 4.85. The largest absolute Gasteiger partial charge is 0.416 e. The maximum absolute atomic E-state index is 13.2. The van der Waals surface area contributed by atoms with Crippen LogP contribution in [0.15, 0.2) is 36.4 Å². The molecule has 0 saturated carbocycles. The van der Waals surface area contributed by atoms with Crippen molar-refractivity contribution < 1.29 is 13.2 Å². The molecule has 0 amide bonds. The van der Waals surface area contributed by atoms with E-state index in [-0.39, 0.29) is 0 Å². The Bertz CT molecular complexity index is 743. The Balaban J connectivity index is 2.11. The molecule has 0 bridgehead atoms. The molecule has 3 nitrogen and oxygen atoms in total. The van der Waals surface area contributed by atoms with Crippen molar-refractivity contribution in [1.82, 2.24) is 15.2 Å². The van der Waals surface area contributed by atoms with Crippen LogP contribution in [0.3, 0.4) is 0 Å². The van der Waals surface area contributed by atoms with E-state index in [9.17, 15) is 13.2 Å². The Hall–Kier alpha value is -1.63. The third-order valence-electron chi connectivity index (χ3n) is 4.32. The van der Waals surface area contributed by atoms with Crippen LogP contribution in [0.1, 0.15) is 28.6 Å². The predicted octanol–water partition coefficient (Wildman–Crippen LogP) is 4.06. The van der Waals surface area contributed by atoms with Gasteiger partial charge in [0.05, 0.1) is 17.3 Å². The average molecular weight is 370 g/mol. The highest BCUT2D eigenvalue weighted by molar-refractivity contribution is 6.31. The third kappa shape index (κ3) is 4.14. The molecule has 25 heavy (non-hydrogen) atoms. The van der Waals surface area contributed by atoms with Crippen molar-refractivity contribution in [1.29, 1.82) is 0 Å². The highest BCUT2D eigenvalue weighted by Gasteiger charge is 2.33. The molecule has 134 valence electrons. The summed E-state index contributed by atoms with van der Waals surface area (Å²) in [5.41, 5.74) is 1.28. The SMILES string of the molecule is Cc1cccc(C(c2cc(C(F)(F)F)ccc2Cl)N2CCNCC2)n1. The van der Waals surface area contributed by atoms with Crippen molar-refractivity contribution in [3.05, 3.63) is 63.9 Å². The van der Waals surface area contributed by atoms with Gasteiger partial charge in [-0.05, 0) is 42.8 Å². The van der Waals surface area contributed by atoms with E-state index < -0.39 is 17.8 Å². The Kier molecular flexibility index (Phi) is 5.32. The van der Waals surface area contributed by atoms with Crippen LogP contribution >= 0.6 is 11.6 Å². The molecule has 2 aromatic rings. The molecule has 1 aliphatic heterocycles. The Morgan fingerprint density at radius 2 is 1.88 bits per heavy atom. The topological polar surface area (TPSA) is 28.2 Å². The van der Waals surface area contributed by atoms with Crippen LogP contribution in [0, 0.1) is 6.92 Å². The second-order valence-corrected chi connectivity index (χ2v) is 6.53. The zero-order valence-corrected chi connectivity index (χ0v) is 14.5. The highest BCUT2D eigenvalue weighted by atomic mass is 35.5. The number of aryl methyl sites for hydroxylation is 1. The molecule has 3 rings (SSSR count). The molecule has 1 aromatic heterocycles. The van der Waals surface area contributed by atoms with Crippen LogP contribution in [-0.2, 0) is 6.18 Å². The zero-order chi connectivity index (χ0) is 18.0. The first kappa shape index (κ1) is 18.2. The van der Waals surface area contributed by atoms with Gasteiger partial charge >= 0.3 is 6.18 Å². The molecule has 1 N–H and O–H groups in total. The molecule has 1 aliphatic rings. The van der Waals surface area contributed by atoms with Crippen molar-refractivity contribution in [2.24, 2.45) is 0 Å². The van der Waals surface area contributed by atoms with Gasteiger partial charge in [-0.25, -0.2) is 0 Å². The van der Waals surface area contributed by atoms with Crippen molar-refractivity contribution in [3.63, 3.8) is 0 Å². The van der Waals surface area contributed by atoms with Gasteiger partial charge in [0.2, 0.25) is 0 Å². The van der Waals surface area contributed by atoms with E-state index in [2.05, 4.69) is 15.2 Å². The zero-order valence-electron chi connectivity index (χ0n) is 13.8. The average Bonchev–Trinajstić information content (AvgIpc) is 2.57. The van der Waals surface area contributed by atoms with Gasteiger partial charge in [0.1, 0.15) is 0 Å². The lowest BCUT2D eigenvalue weighted by atomic mass is 9.98. The molecular weight excluding hydrogens is 351 g/mol. The van der Waals surface area contributed by atoms with Crippen LogP contribution in [0.25, 0.3) is 0 Å². The van der Waals surface area contributed by atoms with Gasteiger partial charge in [0.25, 0.3) is 0 Å². The molecule has 0 radical (unpaired) electrons. The summed E-state index contributed by atoms with van der Waals surface area (Å²) in [5, 5.41) is 3.58. The number of benzene rings is 1. The third-order valence-corrected chi connectivity index (χ3v) is 4.67. The molecule has 1 atom stereocenters. The summed E-state index contributed by atoms with van der Waals surface area (Å²) in [6.07, 6.45) is -4.41. The fourth-order valence-corrected chi connectivity index (χ4v) is 3.35. The highest BCUT2D eigenvalue weighted by Crippen LogP contribution is 2.37. The molecule has 1 saturated heterocycles. The molecule has 1 unspecified atom stereocenters. The van der Waals surface area contributed by atoms with Crippen molar-refractivity contribution >= 4 is 11.6 Å². The molecule has 1 aromatic carbocycles. The van der Waals surface area contributed by atoms with Crippen molar-refractivity contribution in [2.45, 2.75) is 19.1 Å². The Labute approximate surface area is 149 Å². The van der Waals surface area contributed by atoms with Gasteiger partial charge in [-0.3, -0.25) is 9.88 Å². The lowest BCUT2D eigenvalue weighted by Gasteiger charge is -2.35. The van der Waals surface area contributed by atoms with Crippen molar-refractivity contribution in [2.75, 3.05) is 26.2 Å². The number of nitrogens with zero attached hydrogens (tertiary/aromatic N) is 2. The lowest BCUT2D eigenvalue weighted by molar-refractivity contribution is -0.137.